The smallest absolute Gasteiger partial charge is 0.306 e. The highest BCUT2D eigenvalue weighted by Gasteiger charge is 2.24. The number of hydrogen-bond acceptors (Lipinski definition) is 5. The van der Waals surface area contributed by atoms with Crippen molar-refractivity contribution in [3.8, 4) is 0 Å². The lowest BCUT2D eigenvalue weighted by molar-refractivity contribution is -0.151. The predicted octanol–water partition coefficient (Wildman–Crippen LogP) is 12.7. The number of carbonyl (C=O) groups is 2. The van der Waals surface area contributed by atoms with E-state index in [2.05, 4.69) is 38.2 Å². The quantitative estimate of drug-likeness (QED) is 0.0331. The van der Waals surface area contributed by atoms with Crippen molar-refractivity contribution in [1.29, 1.82) is 0 Å². The summed E-state index contributed by atoms with van der Waals surface area (Å²) in [5.41, 5.74) is 0. The van der Waals surface area contributed by atoms with Crippen molar-refractivity contribution in [3.05, 3.63) is 48.6 Å². The molecule has 0 aliphatic heterocycles. The molecule has 3 unspecified atom stereocenters. The van der Waals surface area contributed by atoms with E-state index in [-0.39, 0.29) is 24.9 Å². The van der Waals surface area contributed by atoms with E-state index in [9.17, 15) is 19.8 Å². The van der Waals surface area contributed by atoms with E-state index in [1.54, 1.807) is 0 Å². The maximum atomic E-state index is 13.1. The van der Waals surface area contributed by atoms with E-state index < -0.39 is 18.2 Å². The summed E-state index contributed by atoms with van der Waals surface area (Å²) in [5.74, 6) is -0.542. The normalized spacial score (nSPS) is 13.8. The third-order valence-corrected chi connectivity index (χ3v) is 10.0. The summed E-state index contributed by atoms with van der Waals surface area (Å²) in [7, 11) is 0. The molecular weight excluding hydrogens is 659 g/mol. The Morgan fingerprint density at radius 2 is 1.02 bits per heavy atom. The van der Waals surface area contributed by atoms with Gasteiger partial charge in [0.15, 0.2) is 0 Å². The summed E-state index contributed by atoms with van der Waals surface area (Å²) in [6.45, 7) is 6.28. The summed E-state index contributed by atoms with van der Waals surface area (Å²) in [6, 6.07) is -0.718. The van der Waals surface area contributed by atoms with Crippen LogP contribution in [-0.4, -0.2) is 46.9 Å². The van der Waals surface area contributed by atoms with Crippen molar-refractivity contribution in [1.82, 2.24) is 5.32 Å². The topological polar surface area (TPSA) is 95.9 Å². The molecule has 3 N–H and O–H groups in total. The molecule has 0 saturated carbocycles. The second kappa shape index (κ2) is 41.0. The number of unbranched alkanes of at least 4 members (excludes halogenated alkanes) is 22. The van der Waals surface area contributed by atoms with Gasteiger partial charge in [-0.1, -0.05) is 211 Å². The predicted molar refractivity (Wildman–Crippen MR) is 227 cm³/mol. The monoisotopic (exact) mass is 744 g/mol. The van der Waals surface area contributed by atoms with Crippen LogP contribution in [0.15, 0.2) is 48.6 Å². The number of rotatable bonds is 39. The van der Waals surface area contributed by atoms with E-state index in [1.807, 2.05) is 36.5 Å². The molecular formula is C47H85NO5. The van der Waals surface area contributed by atoms with E-state index in [1.165, 1.54) is 109 Å². The van der Waals surface area contributed by atoms with Crippen LogP contribution in [0.3, 0.4) is 0 Å². The molecule has 3 atom stereocenters. The molecule has 0 bridgehead atoms. The lowest BCUT2D eigenvalue weighted by Crippen LogP contribution is -2.46. The Kier molecular flexibility index (Phi) is 39.3. The number of ether oxygens (including phenoxy) is 1. The maximum Gasteiger partial charge on any atom is 0.306 e. The van der Waals surface area contributed by atoms with E-state index in [0.29, 0.717) is 19.3 Å². The van der Waals surface area contributed by atoms with Gasteiger partial charge in [0.25, 0.3) is 0 Å². The molecule has 0 aromatic carbocycles. The number of amides is 1. The molecule has 0 rings (SSSR count). The Morgan fingerprint density at radius 1 is 0.566 bits per heavy atom. The van der Waals surface area contributed by atoms with Gasteiger partial charge in [0.2, 0.25) is 5.91 Å². The second-order valence-electron chi connectivity index (χ2n) is 15.2. The molecule has 0 radical (unpaired) electrons. The first kappa shape index (κ1) is 50.8. The van der Waals surface area contributed by atoms with Crippen LogP contribution >= 0.6 is 0 Å². The third-order valence-electron chi connectivity index (χ3n) is 10.0. The molecule has 0 saturated heterocycles. The highest BCUT2D eigenvalue weighted by atomic mass is 16.5. The number of aliphatic hydroxyl groups is 2. The van der Waals surface area contributed by atoms with Crippen LogP contribution in [0.1, 0.15) is 213 Å². The molecule has 1 amide bonds. The van der Waals surface area contributed by atoms with Crippen molar-refractivity contribution >= 4 is 11.9 Å². The Labute approximate surface area is 327 Å². The first-order valence-corrected chi connectivity index (χ1v) is 22.4. The van der Waals surface area contributed by atoms with E-state index in [0.717, 1.165) is 57.8 Å². The average Bonchev–Trinajstić information content (AvgIpc) is 3.15. The van der Waals surface area contributed by atoms with Gasteiger partial charge in [-0.2, -0.15) is 0 Å². The van der Waals surface area contributed by atoms with Crippen molar-refractivity contribution in [2.24, 2.45) is 0 Å². The standard InChI is InChI=1S/C47H85NO5/c1-4-7-10-13-16-19-21-22-23-25-28-31-34-37-40-47(52)53-43(38-35-32-29-27-24-20-17-14-11-8-5-2)41-46(51)48-44(42-49)45(50)39-36-33-30-26-18-15-12-9-6-3/h8,11,14,17,20,24,27,29,43-45,49-50H,4-7,9-10,12-13,15-16,18-19,21-23,25-26,28,30-42H2,1-3H3,(H,48,51)/b11-8+,17-14+,24-20-,29-27-. The molecule has 0 fully saturated rings. The fourth-order valence-corrected chi connectivity index (χ4v) is 6.62. The Balaban J connectivity index is 4.65. The number of carbonyl (C=O) groups excluding carboxylic acids is 2. The van der Waals surface area contributed by atoms with Gasteiger partial charge >= 0.3 is 5.97 Å². The van der Waals surface area contributed by atoms with Crippen molar-refractivity contribution in [2.45, 2.75) is 232 Å². The second-order valence-corrected chi connectivity index (χ2v) is 15.2. The molecule has 0 aliphatic carbocycles. The van der Waals surface area contributed by atoms with Crippen LogP contribution in [0.25, 0.3) is 0 Å². The Bertz CT molecular complexity index is 926. The van der Waals surface area contributed by atoms with Crippen LogP contribution in [-0.2, 0) is 14.3 Å². The van der Waals surface area contributed by atoms with Crippen LogP contribution in [0.5, 0.6) is 0 Å². The van der Waals surface area contributed by atoms with Crippen LogP contribution in [0.2, 0.25) is 0 Å². The van der Waals surface area contributed by atoms with Crippen molar-refractivity contribution in [2.75, 3.05) is 6.61 Å². The van der Waals surface area contributed by atoms with Crippen LogP contribution in [0, 0.1) is 0 Å². The molecule has 0 aromatic rings. The first-order valence-electron chi connectivity index (χ1n) is 22.4. The lowest BCUT2D eigenvalue weighted by atomic mass is 10.0. The zero-order valence-corrected chi connectivity index (χ0v) is 34.9. The van der Waals surface area contributed by atoms with Gasteiger partial charge in [-0.3, -0.25) is 9.59 Å². The first-order chi connectivity index (χ1) is 26.0. The zero-order chi connectivity index (χ0) is 38.9. The fraction of sp³-hybridized carbons (Fsp3) is 0.787. The largest absolute Gasteiger partial charge is 0.462 e. The number of hydrogen-bond donors (Lipinski definition) is 3. The Morgan fingerprint density at radius 3 is 1.51 bits per heavy atom. The minimum Gasteiger partial charge on any atom is -0.462 e. The minimum atomic E-state index is -0.800. The summed E-state index contributed by atoms with van der Waals surface area (Å²) in [5, 5.41) is 23.5. The lowest BCUT2D eigenvalue weighted by Gasteiger charge is -2.24. The fourth-order valence-electron chi connectivity index (χ4n) is 6.62. The summed E-state index contributed by atoms with van der Waals surface area (Å²) in [6.07, 6.45) is 47.5. The highest BCUT2D eigenvalue weighted by Crippen LogP contribution is 2.17. The number of esters is 1. The van der Waals surface area contributed by atoms with Gasteiger partial charge in [0.05, 0.1) is 25.2 Å². The van der Waals surface area contributed by atoms with Gasteiger partial charge in [-0.15, -0.1) is 0 Å². The molecule has 6 heteroatoms. The van der Waals surface area contributed by atoms with Gasteiger partial charge in [0.1, 0.15) is 6.10 Å². The number of nitrogens with one attached hydrogen (secondary N) is 1. The average molecular weight is 744 g/mol. The molecule has 308 valence electrons. The van der Waals surface area contributed by atoms with Crippen molar-refractivity contribution < 1.29 is 24.5 Å². The van der Waals surface area contributed by atoms with Crippen molar-refractivity contribution in [3.63, 3.8) is 0 Å². The van der Waals surface area contributed by atoms with Gasteiger partial charge in [-0.05, 0) is 38.5 Å². The third kappa shape index (κ3) is 36.6. The van der Waals surface area contributed by atoms with Gasteiger partial charge in [-0.25, -0.2) is 0 Å². The summed E-state index contributed by atoms with van der Waals surface area (Å²) >= 11 is 0. The van der Waals surface area contributed by atoms with Gasteiger partial charge in [0, 0.05) is 6.42 Å². The molecule has 0 aliphatic rings. The molecule has 0 aromatic heterocycles. The highest BCUT2D eigenvalue weighted by molar-refractivity contribution is 5.77. The zero-order valence-electron chi connectivity index (χ0n) is 34.9. The molecule has 6 nitrogen and oxygen atoms in total. The maximum absolute atomic E-state index is 13.1. The summed E-state index contributed by atoms with van der Waals surface area (Å²) < 4.78 is 5.86. The number of aliphatic hydroxyl groups excluding tert-OH is 2. The minimum absolute atomic E-state index is 0.0332. The van der Waals surface area contributed by atoms with Crippen LogP contribution in [0.4, 0.5) is 0 Å². The van der Waals surface area contributed by atoms with Crippen LogP contribution < -0.4 is 5.32 Å². The van der Waals surface area contributed by atoms with E-state index in [4.69, 9.17) is 4.74 Å². The summed E-state index contributed by atoms with van der Waals surface area (Å²) in [4.78, 5) is 25.9. The Hall–Kier alpha value is -2.18. The molecule has 0 heterocycles. The van der Waals surface area contributed by atoms with Gasteiger partial charge < -0.3 is 20.3 Å². The molecule has 53 heavy (non-hydrogen) atoms. The molecule has 0 spiro atoms. The van der Waals surface area contributed by atoms with E-state index >= 15 is 0 Å². The number of allylic oxidation sites excluding steroid dienone is 8. The SMILES string of the molecule is CC/C=C/C=C/C=C\C=C/CCCC(CC(=O)NC(CO)C(O)CCCCCCCCCCC)OC(=O)CCCCCCCCCCCCCCCC.